The zero-order chi connectivity index (χ0) is 19.1. The number of carbonyl (C=O) groups is 1. The van der Waals surface area contributed by atoms with E-state index < -0.39 is 0 Å². The van der Waals surface area contributed by atoms with E-state index in [2.05, 4.69) is 34.4 Å². The molecule has 0 unspecified atom stereocenters. The molecule has 0 aliphatic heterocycles. The zero-order valence-corrected chi connectivity index (χ0v) is 15.5. The topological polar surface area (TPSA) is 67.2 Å². The minimum Gasteiger partial charge on any atom is -0.354 e. The van der Waals surface area contributed by atoms with E-state index in [1.54, 1.807) is 18.2 Å². The summed E-state index contributed by atoms with van der Waals surface area (Å²) in [7, 11) is 2.06. The van der Waals surface area contributed by atoms with Gasteiger partial charge in [0.05, 0.1) is 17.2 Å². The highest BCUT2D eigenvalue weighted by atomic mass is 16.2. The number of fused-ring (bicyclic) bond motifs is 1. The second-order valence-corrected chi connectivity index (χ2v) is 6.62. The van der Waals surface area contributed by atoms with Gasteiger partial charge in [0.1, 0.15) is 6.54 Å². The molecule has 2 aromatic carbocycles. The molecule has 0 atom stereocenters. The molecular formula is C21H24N4O2. The quantitative estimate of drug-likeness (QED) is 0.621. The van der Waals surface area contributed by atoms with Crippen molar-refractivity contribution in [3.8, 4) is 0 Å². The highest BCUT2D eigenvalue weighted by Crippen LogP contribution is 2.04. The van der Waals surface area contributed by atoms with Gasteiger partial charge in [-0.2, -0.15) is 0 Å². The number of amides is 1. The molecule has 0 radical (unpaired) electrons. The number of para-hydroxylation sites is 1. The summed E-state index contributed by atoms with van der Waals surface area (Å²) in [5.74, 6) is -0.181. The molecule has 6 nitrogen and oxygen atoms in total. The van der Waals surface area contributed by atoms with E-state index in [1.165, 1.54) is 16.5 Å². The molecule has 0 aliphatic rings. The van der Waals surface area contributed by atoms with Crippen molar-refractivity contribution in [2.75, 3.05) is 20.1 Å². The molecule has 1 N–H and O–H groups in total. The molecule has 0 bridgehead atoms. The van der Waals surface area contributed by atoms with Crippen molar-refractivity contribution in [2.24, 2.45) is 0 Å². The average molecular weight is 364 g/mol. The van der Waals surface area contributed by atoms with Crippen LogP contribution in [0.2, 0.25) is 0 Å². The van der Waals surface area contributed by atoms with E-state index >= 15 is 0 Å². The highest BCUT2D eigenvalue weighted by Gasteiger charge is 2.08. The molecule has 6 heteroatoms. The molecule has 3 rings (SSSR count). The summed E-state index contributed by atoms with van der Waals surface area (Å²) in [6.07, 6.45) is 2.28. The molecule has 0 saturated heterocycles. The summed E-state index contributed by atoms with van der Waals surface area (Å²) in [5.41, 5.74) is 1.71. The van der Waals surface area contributed by atoms with E-state index in [0.717, 1.165) is 19.5 Å². The molecule has 0 saturated carbocycles. The number of benzene rings is 2. The summed E-state index contributed by atoms with van der Waals surface area (Å²) in [6.45, 7) is 2.32. The Bertz CT molecular complexity index is 953. The predicted octanol–water partition coefficient (Wildman–Crippen LogP) is 2.03. The minimum absolute atomic E-state index is 0.0173. The predicted molar refractivity (Wildman–Crippen MR) is 106 cm³/mol. The smallest absolute Gasteiger partial charge is 0.261 e. The first kappa shape index (κ1) is 18.8. The first-order valence-electron chi connectivity index (χ1n) is 9.07. The van der Waals surface area contributed by atoms with Gasteiger partial charge in [-0.1, -0.05) is 42.5 Å². The zero-order valence-electron chi connectivity index (χ0n) is 15.5. The van der Waals surface area contributed by atoms with Crippen LogP contribution in [0.4, 0.5) is 0 Å². The Morgan fingerprint density at radius 3 is 2.67 bits per heavy atom. The number of carbonyl (C=O) groups excluding carboxylic acids is 1. The summed E-state index contributed by atoms with van der Waals surface area (Å²) in [6, 6.07) is 17.4. The van der Waals surface area contributed by atoms with Gasteiger partial charge in [-0.25, -0.2) is 4.98 Å². The van der Waals surface area contributed by atoms with Gasteiger partial charge >= 0.3 is 0 Å². The average Bonchev–Trinajstić information content (AvgIpc) is 2.68. The van der Waals surface area contributed by atoms with Crippen LogP contribution in [0, 0.1) is 0 Å². The molecule has 1 heterocycles. The number of aromatic nitrogens is 2. The monoisotopic (exact) mass is 364 g/mol. The Balaban J connectivity index is 1.44. The molecule has 0 fully saturated rings. The fourth-order valence-electron chi connectivity index (χ4n) is 2.98. The van der Waals surface area contributed by atoms with Gasteiger partial charge in [-0.3, -0.25) is 14.2 Å². The SMILES string of the molecule is CN(CCCNC(=O)Cn1cnc2ccccc2c1=O)Cc1ccccc1. The molecule has 0 aliphatic carbocycles. The first-order valence-corrected chi connectivity index (χ1v) is 9.07. The summed E-state index contributed by atoms with van der Waals surface area (Å²) >= 11 is 0. The van der Waals surface area contributed by atoms with Crippen molar-refractivity contribution in [3.63, 3.8) is 0 Å². The molecule has 27 heavy (non-hydrogen) atoms. The second-order valence-electron chi connectivity index (χ2n) is 6.62. The van der Waals surface area contributed by atoms with Crippen molar-refractivity contribution in [2.45, 2.75) is 19.5 Å². The van der Waals surface area contributed by atoms with Crippen LogP contribution in [0.25, 0.3) is 10.9 Å². The Kier molecular flexibility index (Phi) is 6.33. The lowest BCUT2D eigenvalue weighted by Crippen LogP contribution is -2.34. The molecule has 140 valence electrons. The van der Waals surface area contributed by atoms with Crippen LogP contribution in [0.1, 0.15) is 12.0 Å². The fraction of sp³-hybridized carbons (Fsp3) is 0.286. The van der Waals surface area contributed by atoms with Gasteiger partial charge in [-0.15, -0.1) is 0 Å². The summed E-state index contributed by atoms with van der Waals surface area (Å²) in [5, 5.41) is 3.40. The number of hydrogen-bond acceptors (Lipinski definition) is 4. The molecule has 1 amide bonds. The van der Waals surface area contributed by atoms with Crippen LogP contribution in [0.3, 0.4) is 0 Å². The van der Waals surface area contributed by atoms with Crippen LogP contribution in [0.5, 0.6) is 0 Å². The number of nitrogens with one attached hydrogen (secondary N) is 1. The Morgan fingerprint density at radius 2 is 1.85 bits per heavy atom. The summed E-state index contributed by atoms with van der Waals surface area (Å²) < 4.78 is 1.35. The lowest BCUT2D eigenvalue weighted by atomic mass is 10.2. The maximum absolute atomic E-state index is 12.4. The standard InChI is InChI=1S/C21H24N4O2/c1-24(14-17-8-3-2-4-9-17)13-7-12-22-20(26)15-25-16-23-19-11-6-5-10-18(19)21(25)27/h2-6,8-11,16H,7,12-15H2,1H3,(H,22,26). The van der Waals surface area contributed by atoms with E-state index in [0.29, 0.717) is 17.4 Å². The van der Waals surface area contributed by atoms with Crippen molar-refractivity contribution in [3.05, 3.63) is 76.8 Å². The van der Waals surface area contributed by atoms with Crippen molar-refractivity contribution in [1.29, 1.82) is 0 Å². The molecule has 1 aromatic heterocycles. The van der Waals surface area contributed by atoms with E-state index in [9.17, 15) is 9.59 Å². The third-order valence-corrected chi connectivity index (χ3v) is 4.38. The first-order chi connectivity index (χ1) is 13.1. The fourth-order valence-corrected chi connectivity index (χ4v) is 2.98. The van der Waals surface area contributed by atoms with Gasteiger partial charge in [0.25, 0.3) is 5.56 Å². The number of rotatable bonds is 8. The molecule has 0 spiro atoms. The molecule has 3 aromatic rings. The lowest BCUT2D eigenvalue weighted by Gasteiger charge is -2.16. The second kappa shape index (κ2) is 9.09. The van der Waals surface area contributed by atoms with Gasteiger partial charge in [-0.05, 0) is 37.7 Å². The Labute approximate surface area is 158 Å². The van der Waals surface area contributed by atoms with Crippen LogP contribution >= 0.6 is 0 Å². The molecular weight excluding hydrogens is 340 g/mol. The Hall–Kier alpha value is -2.99. The van der Waals surface area contributed by atoms with E-state index in [1.807, 2.05) is 24.3 Å². The summed E-state index contributed by atoms with van der Waals surface area (Å²) in [4.78, 5) is 31.0. The van der Waals surface area contributed by atoms with Gasteiger partial charge in [0.2, 0.25) is 5.91 Å². The van der Waals surface area contributed by atoms with Gasteiger partial charge < -0.3 is 10.2 Å². The van der Waals surface area contributed by atoms with Crippen LogP contribution in [-0.4, -0.2) is 40.5 Å². The van der Waals surface area contributed by atoms with Crippen molar-refractivity contribution < 1.29 is 4.79 Å². The van der Waals surface area contributed by atoms with Gasteiger partial charge in [0.15, 0.2) is 0 Å². The third-order valence-electron chi connectivity index (χ3n) is 4.38. The van der Waals surface area contributed by atoms with E-state index in [-0.39, 0.29) is 18.0 Å². The largest absolute Gasteiger partial charge is 0.354 e. The third kappa shape index (κ3) is 5.24. The van der Waals surface area contributed by atoms with Crippen LogP contribution in [0.15, 0.2) is 65.7 Å². The van der Waals surface area contributed by atoms with Crippen molar-refractivity contribution >= 4 is 16.8 Å². The van der Waals surface area contributed by atoms with Crippen LogP contribution in [-0.2, 0) is 17.9 Å². The van der Waals surface area contributed by atoms with Crippen LogP contribution < -0.4 is 10.9 Å². The van der Waals surface area contributed by atoms with Gasteiger partial charge in [0, 0.05) is 13.1 Å². The maximum Gasteiger partial charge on any atom is 0.261 e. The van der Waals surface area contributed by atoms with E-state index in [4.69, 9.17) is 0 Å². The normalized spacial score (nSPS) is 11.0. The Morgan fingerprint density at radius 1 is 1.11 bits per heavy atom. The lowest BCUT2D eigenvalue weighted by molar-refractivity contribution is -0.121. The maximum atomic E-state index is 12.4. The number of nitrogens with zero attached hydrogens (tertiary/aromatic N) is 3. The minimum atomic E-state index is -0.196. The highest BCUT2D eigenvalue weighted by molar-refractivity contribution is 5.78. The number of hydrogen-bond donors (Lipinski definition) is 1. The van der Waals surface area contributed by atoms with Crippen molar-refractivity contribution in [1.82, 2.24) is 19.8 Å².